The maximum Gasteiger partial charge on any atom is 0.284 e. The molecule has 5 heteroatoms. The summed E-state index contributed by atoms with van der Waals surface area (Å²) in [6, 6.07) is 17.2. The van der Waals surface area contributed by atoms with Crippen LogP contribution in [0.1, 0.15) is 25.8 Å². The molecule has 1 amide bonds. The quantitative estimate of drug-likeness (QED) is 0.671. The Bertz CT molecular complexity index is 757. The van der Waals surface area contributed by atoms with Gasteiger partial charge in [0, 0.05) is 0 Å². The Balaban J connectivity index is 1.69. The highest BCUT2D eigenvalue weighted by Crippen LogP contribution is 2.30. The van der Waals surface area contributed by atoms with Crippen molar-refractivity contribution in [2.75, 3.05) is 6.61 Å². The summed E-state index contributed by atoms with van der Waals surface area (Å²) in [5, 5.41) is 4.35. The molecular formula is C20H22N2O3. The van der Waals surface area contributed by atoms with Gasteiger partial charge < -0.3 is 9.47 Å². The van der Waals surface area contributed by atoms with Crippen LogP contribution in [0, 0.1) is 5.92 Å². The zero-order valence-corrected chi connectivity index (χ0v) is 14.4. The van der Waals surface area contributed by atoms with Crippen LogP contribution in [0.25, 0.3) is 0 Å². The van der Waals surface area contributed by atoms with Crippen LogP contribution in [0.3, 0.4) is 0 Å². The van der Waals surface area contributed by atoms with Crippen LogP contribution in [0.15, 0.2) is 59.7 Å². The number of carbonyl (C=O) groups is 1. The van der Waals surface area contributed by atoms with E-state index in [1.54, 1.807) is 6.07 Å². The second-order valence-corrected chi connectivity index (χ2v) is 6.36. The first-order valence-electron chi connectivity index (χ1n) is 8.44. The molecule has 1 heterocycles. The summed E-state index contributed by atoms with van der Waals surface area (Å²) in [7, 11) is 0. The van der Waals surface area contributed by atoms with Crippen molar-refractivity contribution in [3.05, 3.63) is 60.2 Å². The van der Waals surface area contributed by atoms with Crippen molar-refractivity contribution >= 4 is 11.6 Å². The standard InChI is InChI=1S/C20H22N2O3/c1-14(2)12-16(15-8-4-3-5-9-15)21-22-20(23)19-13-24-17-10-6-7-11-18(17)25-19/h3-11,14,19H,12-13H2,1-2H3,(H,22,23)/b21-16+/t19-/m0/s1. The number of nitrogens with zero attached hydrogens (tertiary/aromatic N) is 1. The fourth-order valence-corrected chi connectivity index (χ4v) is 2.59. The second kappa shape index (κ2) is 7.83. The number of hydrazone groups is 1. The lowest BCUT2D eigenvalue weighted by Crippen LogP contribution is -2.42. The molecule has 130 valence electrons. The van der Waals surface area contributed by atoms with E-state index in [0.717, 1.165) is 17.7 Å². The van der Waals surface area contributed by atoms with Crippen LogP contribution < -0.4 is 14.9 Å². The lowest BCUT2D eigenvalue weighted by molar-refractivity contribution is -0.130. The van der Waals surface area contributed by atoms with Crippen LogP contribution in [0.4, 0.5) is 0 Å². The first kappa shape index (κ1) is 17.0. The van der Waals surface area contributed by atoms with Crippen molar-refractivity contribution in [1.82, 2.24) is 5.43 Å². The molecule has 0 unspecified atom stereocenters. The summed E-state index contributed by atoms with van der Waals surface area (Å²) in [6.07, 6.45) is 0.0597. The van der Waals surface area contributed by atoms with Gasteiger partial charge in [0.05, 0.1) is 5.71 Å². The molecule has 1 aliphatic rings. The van der Waals surface area contributed by atoms with E-state index in [0.29, 0.717) is 17.4 Å². The number of hydrogen-bond acceptors (Lipinski definition) is 4. The molecular weight excluding hydrogens is 316 g/mol. The Kier molecular flexibility index (Phi) is 5.33. The van der Waals surface area contributed by atoms with Gasteiger partial charge in [0.15, 0.2) is 11.5 Å². The molecule has 5 nitrogen and oxygen atoms in total. The third-order valence-electron chi connectivity index (χ3n) is 3.81. The molecule has 0 aromatic heterocycles. The lowest BCUT2D eigenvalue weighted by atomic mass is 10.0. The van der Waals surface area contributed by atoms with Gasteiger partial charge in [-0.1, -0.05) is 56.3 Å². The van der Waals surface area contributed by atoms with Gasteiger partial charge >= 0.3 is 0 Å². The van der Waals surface area contributed by atoms with Crippen molar-refractivity contribution in [1.29, 1.82) is 0 Å². The van der Waals surface area contributed by atoms with E-state index in [-0.39, 0.29) is 12.5 Å². The third-order valence-corrected chi connectivity index (χ3v) is 3.81. The summed E-state index contributed by atoms with van der Waals surface area (Å²) in [5.41, 5.74) is 4.48. The van der Waals surface area contributed by atoms with Crippen molar-refractivity contribution in [3.63, 3.8) is 0 Å². The molecule has 1 aliphatic heterocycles. The van der Waals surface area contributed by atoms with Crippen molar-refractivity contribution in [3.8, 4) is 11.5 Å². The van der Waals surface area contributed by atoms with E-state index in [1.165, 1.54) is 0 Å². The van der Waals surface area contributed by atoms with E-state index in [1.807, 2.05) is 48.5 Å². The summed E-state index contributed by atoms with van der Waals surface area (Å²) in [4.78, 5) is 12.4. The van der Waals surface area contributed by atoms with Crippen LogP contribution in [0.2, 0.25) is 0 Å². The number of ether oxygens (including phenoxy) is 2. The molecule has 0 bridgehead atoms. The molecule has 0 saturated heterocycles. The maximum atomic E-state index is 12.4. The largest absolute Gasteiger partial charge is 0.485 e. The molecule has 0 fully saturated rings. The van der Waals surface area contributed by atoms with Crippen LogP contribution in [-0.2, 0) is 4.79 Å². The van der Waals surface area contributed by atoms with Crippen molar-refractivity contribution in [2.24, 2.45) is 11.0 Å². The Morgan fingerprint density at radius 2 is 1.80 bits per heavy atom. The van der Waals surface area contributed by atoms with E-state index >= 15 is 0 Å². The fraction of sp³-hybridized carbons (Fsp3) is 0.300. The number of carbonyl (C=O) groups excluding carboxylic acids is 1. The van der Waals surface area contributed by atoms with Crippen LogP contribution in [-0.4, -0.2) is 24.3 Å². The average molecular weight is 338 g/mol. The highest BCUT2D eigenvalue weighted by Gasteiger charge is 2.27. The van der Waals surface area contributed by atoms with Crippen molar-refractivity contribution < 1.29 is 14.3 Å². The lowest BCUT2D eigenvalue weighted by Gasteiger charge is -2.25. The van der Waals surface area contributed by atoms with E-state index in [4.69, 9.17) is 9.47 Å². The molecule has 0 radical (unpaired) electrons. The number of amides is 1. The smallest absolute Gasteiger partial charge is 0.284 e. The second-order valence-electron chi connectivity index (χ2n) is 6.36. The number of benzene rings is 2. The van der Waals surface area contributed by atoms with Crippen LogP contribution in [0.5, 0.6) is 11.5 Å². The van der Waals surface area contributed by atoms with E-state index < -0.39 is 6.10 Å². The monoisotopic (exact) mass is 338 g/mol. The number of para-hydroxylation sites is 2. The summed E-state index contributed by atoms with van der Waals surface area (Å²) in [5.74, 6) is 1.34. The zero-order valence-electron chi connectivity index (χ0n) is 14.4. The molecule has 3 rings (SSSR count). The first-order chi connectivity index (χ1) is 12.1. The topological polar surface area (TPSA) is 59.9 Å². The Hall–Kier alpha value is -2.82. The molecule has 1 N–H and O–H groups in total. The van der Waals surface area contributed by atoms with Gasteiger partial charge in [0.1, 0.15) is 6.61 Å². The molecule has 25 heavy (non-hydrogen) atoms. The van der Waals surface area contributed by atoms with E-state index in [2.05, 4.69) is 24.4 Å². The molecule has 1 atom stereocenters. The molecule has 2 aromatic carbocycles. The van der Waals surface area contributed by atoms with Gasteiger partial charge in [0.2, 0.25) is 6.10 Å². The highest BCUT2D eigenvalue weighted by molar-refractivity contribution is 6.01. The Morgan fingerprint density at radius 3 is 2.52 bits per heavy atom. The zero-order chi connectivity index (χ0) is 17.6. The number of hydrogen-bond donors (Lipinski definition) is 1. The summed E-state index contributed by atoms with van der Waals surface area (Å²) in [6.45, 7) is 4.41. The first-order valence-corrected chi connectivity index (χ1v) is 8.44. The predicted octanol–water partition coefficient (Wildman–Crippen LogP) is 3.39. The van der Waals surface area contributed by atoms with Gasteiger partial charge in [-0.05, 0) is 30.0 Å². The van der Waals surface area contributed by atoms with Crippen LogP contribution >= 0.6 is 0 Å². The minimum atomic E-state index is -0.713. The SMILES string of the molecule is CC(C)C/C(=N\NC(=O)[C@@H]1COc2ccccc2O1)c1ccccc1. The predicted molar refractivity (Wildman–Crippen MR) is 96.9 cm³/mol. The fourth-order valence-electron chi connectivity index (χ4n) is 2.59. The van der Waals surface area contributed by atoms with Gasteiger partial charge in [-0.15, -0.1) is 0 Å². The summed E-state index contributed by atoms with van der Waals surface area (Å²) >= 11 is 0. The number of nitrogens with one attached hydrogen (secondary N) is 1. The van der Waals surface area contributed by atoms with Crippen molar-refractivity contribution in [2.45, 2.75) is 26.4 Å². The van der Waals surface area contributed by atoms with Gasteiger partial charge in [-0.3, -0.25) is 4.79 Å². The minimum absolute atomic E-state index is 0.170. The number of rotatable bonds is 5. The van der Waals surface area contributed by atoms with Gasteiger partial charge in [-0.2, -0.15) is 5.10 Å². The van der Waals surface area contributed by atoms with Gasteiger partial charge in [0.25, 0.3) is 5.91 Å². The minimum Gasteiger partial charge on any atom is -0.485 e. The molecule has 0 aliphatic carbocycles. The average Bonchev–Trinajstić information content (AvgIpc) is 2.65. The molecule has 0 saturated carbocycles. The number of fused-ring (bicyclic) bond motifs is 1. The Morgan fingerprint density at radius 1 is 1.12 bits per heavy atom. The van der Waals surface area contributed by atoms with Gasteiger partial charge in [-0.25, -0.2) is 5.43 Å². The highest BCUT2D eigenvalue weighted by atomic mass is 16.6. The molecule has 2 aromatic rings. The Labute approximate surface area is 147 Å². The van der Waals surface area contributed by atoms with E-state index in [9.17, 15) is 4.79 Å². The molecule has 0 spiro atoms. The summed E-state index contributed by atoms with van der Waals surface area (Å²) < 4.78 is 11.3. The normalized spacial score (nSPS) is 16.6. The third kappa shape index (κ3) is 4.38. The maximum absolute atomic E-state index is 12.4.